The van der Waals surface area contributed by atoms with E-state index in [1.807, 2.05) is 0 Å². The highest BCUT2D eigenvalue weighted by molar-refractivity contribution is 5.74. The minimum atomic E-state index is -0.652. The lowest BCUT2D eigenvalue weighted by molar-refractivity contribution is -0.141. The van der Waals surface area contributed by atoms with Crippen molar-refractivity contribution < 1.29 is 9.90 Å². The zero-order valence-electron chi connectivity index (χ0n) is 9.41. The fourth-order valence-corrected chi connectivity index (χ4v) is 2.70. The van der Waals surface area contributed by atoms with E-state index in [0.717, 1.165) is 25.7 Å². The molecular formula is C12H21NO2. The number of carboxylic acids is 1. The van der Waals surface area contributed by atoms with Crippen molar-refractivity contribution in [1.82, 2.24) is 5.32 Å². The van der Waals surface area contributed by atoms with Crippen molar-refractivity contribution in [3.63, 3.8) is 0 Å². The molecule has 0 radical (unpaired) electrons. The van der Waals surface area contributed by atoms with Crippen LogP contribution in [-0.2, 0) is 4.79 Å². The van der Waals surface area contributed by atoms with Crippen LogP contribution in [0.25, 0.3) is 0 Å². The molecule has 3 nitrogen and oxygen atoms in total. The summed E-state index contributed by atoms with van der Waals surface area (Å²) < 4.78 is 0. The fraction of sp³-hybridized carbons (Fsp3) is 0.917. The molecule has 2 saturated carbocycles. The monoisotopic (exact) mass is 211 g/mol. The van der Waals surface area contributed by atoms with Crippen LogP contribution in [0.5, 0.6) is 0 Å². The first-order chi connectivity index (χ1) is 7.16. The van der Waals surface area contributed by atoms with Crippen LogP contribution in [0.15, 0.2) is 0 Å². The van der Waals surface area contributed by atoms with E-state index >= 15 is 0 Å². The van der Waals surface area contributed by atoms with Crippen LogP contribution in [-0.4, -0.2) is 23.2 Å². The number of hydrogen-bond acceptors (Lipinski definition) is 2. The van der Waals surface area contributed by atoms with Crippen molar-refractivity contribution in [1.29, 1.82) is 0 Å². The molecule has 3 heteroatoms. The van der Waals surface area contributed by atoms with E-state index < -0.39 is 5.97 Å². The second kappa shape index (κ2) is 4.52. The van der Waals surface area contributed by atoms with Gasteiger partial charge in [0.15, 0.2) is 0 Å². The zero-order valence-corrected chi connectivity index (χ0v) is 9.41. The normalized spacial score (nSPS) is 33.7. The van der Waals surface area contributed by atoms with Crippen molar-refractivity contribution in [2.24, 2.45) is 11.8 Å². The van der Waals surface area contributed by atoms with Gasteiger partial charge in [-0.05, 0) is 37.5 Å². The Balaban J connectivity index is 1.92. The summed E-state index contributed by atoms with van der Waals surface area (Å²) in [6.45, 7) is 2.24. The molecule has 2 aliphatic carbocycles. The molecule has 2 fully saturated rings. The molecule has 3 atom stereocenters. The van der Waals surface area contributed by atoms with Gasteiger partial charge in [-0.15, -0.1) is 0 Å². The maximum absolute atomic E-state index is 11.2. The minimum Gasteiger partial charge on any atom is -0.480 e. The second-order valence-electron chi connectivity index (χ2n) is 5.29. The first-order valence-corrected chi connectivity index (χ1v) is 6.15. The third kappa shape index (κ3) is 2.94. The van der Waals surface area contributed by atoms with E-state index in [2.05, 4.69) is 12.2 Å². The maximum Gasteiger partial charge on any atom is 0.320 e. The minimum absolute atomic E-state index is 0.291. The molecule has 0 amide bonds. The Labute approximate surface area is 91.2 Å². The molecule has 0 saturated heterocycles. The van der Waals surface area contributed by atoms with Crippen molar-refractivity contribution in [2.45, 2.75) is 57.5 Å². The number of rotatable bonds is 4. The van der Waals surface area contributed by atoms with Crippen molar-refractivity contribution in [2.75, 3.05) is 0 Å². The topological polar surface area (TPSA) is 49.3 Å². The summed E-state index contributed by atoms with van der Waals surface area (Å²) in [6, 6.07) is 0.198. The molecule has 0 heterocycles. The van der Waals surface area contributed by atoms with Gasteiger partial charge in [-0.3, -0.25) is 4.79 Å². The number of nitrogens with one attached hydrogen (secondary N) is 1. The Morgan fingerprint density at radius 2 is 2.07 bits per heavy atom. The van der Waals surface area contributed by atoms with Crippen LogP contribution in [0, 0.1) is 11.8 Å². The lowest BCUT2D eigenvalue weighted by Crippen LogP contribution is -2.45. The summed E-state index contributed by atoms with van der Waals surface area (Å²) in [5, 5.41) is 12.5. The van der Waals surface area contributed by atoms with E-state index in [1.54, 1.807) is 0 Å². The molecule has 2 rings (SSSR count). The van der Waals surface area contributed by atoms with Crippen molar-refractivity contribution in [3.8, 4) is 0 Å². The van der Waals surface area contributed by atoms with E-state index in [0.29, 0.717) is 17.9 Å². The molecule has 0 aromatic carbocycles. The first-order valence-electron chi connectivity index (χ1n) is 6.15. The van der Waals surface area contributed by atoms with Crippen LogP contribution in [0.4, 0.5) is 0 Å². The summed E-state index contributed by atoms with van der Waals surface area (Å²) >= 11 is 0. The summed E-state index contributed by atoms with van der Waals surface area (Å²) in [5.74, 6) is 0.402. The molecule has 15 heavy (non-hydrogen) atoms. The van der Waals surface area contributed by atoms with Crippen LogP contribution in [0.3, 0.4) is 0 Å². The van der Waals surface area contributed by atoms with Crippen LogP contribution in [0.2, 0.25) is 0 Å². The maximum atomic E-state index is 11.2. The average Bonchev–Trinajstić information content (AvgIpc) is 2.97. The average molecular weight is 211 g/mol. The molecule has 0 spiro atoms. The molecule has 3 unspecified atom stereocenters. The van der Waals surface area contributed by atoms with E-state index in [4.69, 9.17) is 0 Å². The van der Waals surface area contributed by atoms with Gasteiger partial charge in [0, 0.05) is 6.04 Å². The van der Waals surface area contributed by atoms with E-state index in [9.17, 15) is 9.90 Å². The SMILES string of the molecule is CC1CCCC(C(NC2CC2)C(=O)O)C1. The number of hydrogen-bond donors (Lipinski definition) is 2. The molecule has 2 aliphatic rings. The highest BCUT2D eigenvalue weighted by Gasteiger charge is 2.35. The van der Waals surface area contributed by atoms with E-state index in [-0.39, 0.29) is 6.04 Å². The molecule has 0 aromatic heterocycles. The van der Waals surface area contributed by atoms with Gasteiger partial charge in [0.05, 0.1) is 0 Å². The van der Waals surface area contributed by atoms with Gasteiger partial charge in [-0.1, -0.05) is 19.8 Å². The number of carbonyl (C=O) groups is 1. The van der Waals surface area contributed by atoms with Crippen molar-refractivity contribution >= 4 is 5.97 Å². The highest BCUT2D eigenvalue weighted by atomic mass is 16.4. The number of aliphatic carboxylic acids is 1. The molecule has 2 N–H and O–H groups in total. The Morgan fingerprint density at radius 1 is 1.33 bits per heavy atom. The predicted molar refractivity (Wildman–Crippen MR) is 58.7 cm³/mol. The van der Waals surface area contributed by atoms with Crippen LogP contribution in [0.1, 0.15) is 45.4 Å². The van der Waals surface area contributed by atoms with Gasteiger partial charge in [-0.2, -0.15) is 0 Å². The Morgan fingerprint density at radius 3 is 2.60 bits per heavy atom. The molecule has 0 bridgehead atoms. The van der Waals surface area contributed by atoms with Crippen LogP contribution < -0.4 is 5.32 Å². The quantitative estimate of drug-likeness (QED) is 0.748. The van der Waals surface area contributed by atoms with Gasteiger partial charge in [0.25, 0.3) is 0 Å². The molecule has 0 aromatic rings. The largest absolute Gasteiger partial charge is 0.480 e. The Bertz CT molecular complexity index is 238. The summed E-state index contributed by atoms with van der Waals surface area (Å²) in [5.41, 5.74) is 0. The lowest BCUT2D eigenvalue weighted by Gasteiger charge is -2.31. The predicted octanol–water partition coefficient (Wildman–Crippen LogP) is 2.02. The second-order valence-corrected chi connectivity index (χ2v) is 5.29. The Kier molecular flexibility index (Phi) is 3.29. The number of carboxylic acid groups (broad SMARTS) is 1. The van der Waals surface area contributed by atoms with Gasteiger partial charge in [0.2, 0.25) is 0 Å². The summed E-state index contributed by atoms with van der Waals surface area (Å²) in [7, 11) is 0. The highest BCUT2D eigenvalue weighted by Crippen LogP contribution is 2.32. The summed E-state index contributed by atoms with van der Waals surface area (Å²) in [4.78, 5) is 11.2. The van der Waals surface area contributed by atoms with E-state index in [1.165, 1.54) is 12.8 Å². The van der Waals surface area contributed by atoms with Gasteiger partial charge in [0.1, 0.15) is 6.04 Å². The van der Waals surface area contributed by atoms with Crippen LogP contribution >= 0.6 is 0 Å². The van der Waals surface area contributed by atoms with Gasteiger partial charge in [-0.25, -0.2) is 0 Å². The third-order valence-electron chi connectivity index (χ3n) is 3.71. The molecular weight excluding hydrogens is 190 g/mol. The fourth-order valence-electron chi connectivity index (χ4n) is 2.70. The molecule has 0 aliphatic heterocycles. The van der Waals surface area contributed by atoms with Gasteiger partial charge >= 0.3 is 5.97 Å². The smallest absolute Gasteiger partial charge is 0.320 e. The lowest BCUT2D eigenvalue weighted by atomic mass is 9.78. The third-order valence-corrected chi connectivity index (χ3v) is 3.71. The Hall–Kier alpha value is -0.570. The summed E-state index contributed by atoms with van der Waals surface area (Å²) in [6.07, 6.45) is 6.95. The zero-order chi connectivity index (χ0) is 10.8. The first kappa shape index (κ1) is 10.9. The van der Waals surface area contributed by atoms with Gasteiger partial charge < -0.3 is 10.4 Å². The molecule has 86 valence electrons. The van der Waals surface area contributed by atoms with Crippen molar-refractivity contribution in [3.05, 3.63) is 0 Å². The standard InChI is InChI=1S/C12H21NO2/c1-8-3-2-4-9(7-8)11(12(14)15)13-10-5-6-10/h8-11,13H,2-7H2,1H3,(H,14,15).